The highest BCUT2D eigenvalue weighted by Crippen LogP contribution is 2.28. The Morgan fingerprint density at radius 1 is 1.33 bits per heavy atom. The molecule has 0 aliphatic carbocycles. The van der Waals surface area contributed by atoms with Gasteiger partial charge in [-0.1, -0.05) is 6.92 Å². The number of hydrogen-bond donors (Lipinski definition) is 3. The second-order valence-electron chi connectivity index (χ2n) is 5.29. The highest BCUT2D eigenvalue weighted by molar-refractivity contribution is 5.94. The van der Waals surface area contributed by atoms with Gasteiger partial charge in [0.1, 0.15) is 5.75 Å². The summed E-state index contributed by atoms with van der Waals surface area (Å²) in [5.74, 6) is 0.700. The van der Waals surface area contributed by atoms with Gasteiger partial charge in [-0.25, -0.2) is 0 Å². The molecule has 0 saturated carbocycles. The molecule has 1 unspecified atom stereocenters. The third kappa shape index (κ3) is 3.72. The molecule has 6 heteroatoms. The molecule has 1 fully saturated rings. The van der Waals surface area contributed by atoms with Gasteiger partial charge in [0.2, 0.25) is 11.8 Å². The Morgan fingerprint density at radius 2 is 2.05 bits per heavy atom. The molecule has 6 nitrogen and oxygen atoms in total. The van der Waals surface area contributed by atoms with Crippen LogP contribution < -0.4 is 20.7 Å². The lowest BCUT2D eigenvalue weighted by molar-refractivity contribution is -0.121. The number of carbonyl (C=O) groups is 2. The molecule has 1 atom stereocenters. The third-order valence-corrected chi connectivity index (χ3v) is 3.71. The first-order chi connectivity index (χ1) is 10.0. The van der Waals surface area contributed by atoms with E-state index in [1.807, 2.05) is 6.92 Å². The van der Waals surface area contributed by atoms with Gasteiger partial charge in [0.15, 0.2) is 0 Å². The van der Waals surface area contributed by atoms with Crippen LogP contribution in [0.25, 0.3) is 0 Å². The highest BCUT2D eigenvalue weighted by Gasteiger charge is 2.28. The maximum atomic E-state index is 12.2. The van der Waals surface area contributed by atoms with Crippen LogP contribution in [0.15, 0.2) is 18.2 Å². The number of ether oxygens (including phenoxy) is 1. The quantitative estimate of drug-likeness (QED) is 0.767. The zero-order chi connectivity index (χ0) is 15.4. The first-order valence-electron chi connectivity index (χ1n) is 6.98. The largest absolute Gasteiger partial charge is 0.494 e. The molecule has 21 heavy (non-hydrogen) atoms. The van der Waals surface area contributed by atoms with Crippen LogP contribution in [-0.4, -0.2) is 32.0 Å². The van der Waals surface area contributed by atoms with Crippen LogP contribution in [0.5, 0.6) is 5.75 Å². The van der Waals surface area contributed by atoms with Gasteiger partial charge in [-0.15, -0.1) is 0 Å². The van der Waals surface area contributed by atoms with Crippen molar-refractivity contribution < 1.29 is 14.3 Å². The van der Waals surface area contributed by atoms with Crippen LogP contribution in [0, 0.1) is 11.8 Å². The summed E-state index contributed by atoms with van der Waals surface area (Å²) in [6.45, 7) is 5.14. The first-order valence-corrected chi connectivity index (χ1v) is 6.98. The number of rotatable bonds is 5. The van der Waals surface area contributed by atoms with Crippen LogP contribution in [0.2, 0.25) is 0 Å². The Hall–Kier alpha value is -2.08. The standard InChI is InChI=1S/C15H21N3O3/c1-9(11-7-16-8-11)15(20)18-12-4-5-13(17-10(2)19)14(6-12)21-3/h4-6,9,11,16H,7-8H2,1-3H3,(H,17,19)(H,18,20). The van der Waals surface area contributed by atoms with E-state index in [2.05, 4.69) is 16.0 Å². The average Bonchev–Trinajstić information content (AvgIpc) is 2.37. The second kappa shape index (κ2) is 6.58. The fraction of sp³-hybridized carbons (Fsp3) is 0.467. The summed E-state index contributed by atoms with van der Waals surface area (Å²) in [5, 5.41) is 8.73. The van der Waals surface area contributed by atoms with Crippen LogP contribution in [0.4, 0.5) is 11.4 Å². The molecule has 0 aromatic heterocycles. The molecule has 114 valence electrons. The van der Waals surface area contributed by atoms with E-state index in [-0.39, 0.29) is 17.7 Å². The van der Waals surface area contributed by atoms with Crippen LogP contribution in [0.3, 0.4) is 0 Å². The normalized spacial score (nSPS) is 15.8. The monoisotopic (exact) mass is 291 g/mol. The molecule has 1 saturated heterocycles. The van der Waals surface area contributed by atoms with E-state index in [1.54, 1.807) is 18.2 Å². The van der Waals surface area contributed by atoms with Gasteiger partial charge in [0, 0.05) is 24.6 Å². The maximum Gasteiger partial charge on any atom is 0.227 e. The second-order valence-corrected chi connectivity index (χ2v) is 5.29. The fourth-order valence-electron chi connectivity index (χ4n) is 2.20. The minimum Gasteiger partial charge on any atom is -0.494 e. The van der Waals surface area contributed by atoms with Gasteiger partial charge in [-0.2, -0.15) is 0 Å². The number of methoxy groups -OCH3 is 1. The number of nitrogens with one attached hydrogen (secondary N) is 3. The van der Waals surface area contributed by atoms with Gasteiger partial charge in [-0.3, -0.25) is 9.59 Å². The van der Waals surface area contributed by atoms with Crippen LogP contribution >= 0.6 is 0 Å². The van der Waals surface area contributed by atoms with E-state index >= 15 is 0 Å². The van der Waals surface area contributed by atoms with E-state index < -0.39 is 0 Å². The molecule has 0 radical (unpaired) electrons. The van der Waals surface area contributed by atoms with Crippen molar-refractivity contribution in [3.05, 3.63) is 18.2 Å². The summed E-state index contributed by atoms with van der Waals surface area (Å²) in [7, 11) is 1.52. The molecule has 2 rings (SSSR count). The lowest BCUT2D eigenvalue weighted by Crippen LogP contribution is -2.48. The molecule has 2 amide bonds. The Balaban J connectivity index is 2.06. The minimum atomic E-state index is -0.170. The van der Waals surface area contributed by atoms with E-state index in [9.17, 15) is 9.59 Å². The molecule has 1 aliphatic heterocycles. The summed E-state index contributed by atoms with van der Waals surface area (Å²) in [4.78, 5) is 23.3. The third-order valence-electron chi connectivity index (χ3n) is 3.71. The lowest BCUT2D eigenvalue weighted by Gasteiger charge is -2.31. The van der Waals surface area contributed by atoms with Crippen molar-refractivity contribution in [1.29, 1.82) is 0 Å². The Bertz CT molecular complexity index is 541. The molecule has 1 heterocycles. The molecule has 1 aromatic rings. The van der Waals surface area contributed by atoms with Crippen molar-refractivity contribution in [2.24, 2.45) is 11.8 Å². The zero-order valence-electron chi connectivity index (χ0n) is 12.5. The smallest absolute Gasteiger partial charge is 0.227 e. The predicted octanol–water partition coefficient (Wildman–Crippen LogP) is 1.45. The van der Waals surface area contributed by atoms with Gasteiger partial charge in [-0.05, 0) is 31.1 Å². The Labute approximate surface area is 124 Å². The van der Waals surface area contributed by atoms with E-state index in [4.69, 9.17) is 4.74 Å². The number of benzene rings is 1. The highest BCUT2D eigenvalue weighted by atomic mass is 16.5. The van der Waals surface area contributed by atoms with Crippen molar-refractivity contribution in [3.63, 3.8) is 0 Å². The Morgan fingerprint density at radius 3 is 2.57 bits per heavy atom. The summed E-state index contributed by atoms with van der Waals surface area (Å²) < 4.78 is 5.23. The Kier molecular flexibility index (Phi) is 4.80. The number of anilines is 2. The molecule has 1 aromatic carbocycles. The molecular formula is C15H21N3O3. The molecular weight excluding hydrogens is 270 g/mol. The predicted molar refractivity (Wildman–Crippen MR) is 81.5 cm³/mol. The van der Waals surface area contributed by atoms with Crippen molar-refractivity contribution in [1.82, 2.24) is 5.32 Å². The molecule has 3 N–H and O–H groups in total. The number of hydrogen-bond acceptors (Lipinski definition) is 4. The number of carbonyl (C=O) groups excluding carboxylic acids is 2. The maximum absolute atomic E-state index is 12.2. The topological polar surface area (TPSA) is 79.5 Å². The minimum absolute atomic E-state index is 0.00386. The molecule has 0 spiro atoms. The summed E-state index contributed by atoms with van der Waals surface area (Å²) in [6.07, 6.45) is 0. The van der Waals surface area contributed by atoms with Gasteiger partial charge >= 0.3 is 0 Å². The molecule has 1 aliphatic rings. The van der Waals surface area contributed by atoms with E-state index in [0.717, 1.165) is 13.1 Å². The summed E-state index contributed by atoms with van der Waals surface area (Å²) in [5.41, 5.74) is 1.24. The average molecular weight is 291 g/mol. The van der Waals surface area contributed by atoms with Crippen molar-refractivity contribution in [2.75, 3.05) is 30.8 Å². The van der Waals surface area contributed by atoms with Crippen molar-refractivity contribution in [2.45, 2.75) is 13.8 Å². The fourth-order valence-corrected chi connectivity index (χ4v) is 2.20. The lowest BCUT2D eigenvalue weighted by atomic mass is 9.88. The SMILES string of the molecule is COc1cc(NC(=O)C(C)C2CNC2)ccc1NC(C)=O. The first kappa shape index (κ1) is 15.3. The van der Waals surface area contributed by atoms with Crippen molar-refractivity contribution >= 4 is 23.2 Å². The van der Waals surface area contributed by atoms with Crippen molar-refractivity contribution in [3.8, 4) is 5.75 Å². The van der Waals surface area contributed by atoms with Gasteiger partial charge < -0.3 is 20.7 Å². The summed E-state index contributed by atoms with van der Waals surface area (Å²) >= 11 is 0. The van der Waals surface area contributed by atoms with Crippen LogP contribution in [-0.2, 0) is 9.59 Å². The van der Waals surface area contributed by atoms with E-state index in [0.29, 0.717) is 23.0 Å². The molecule has 0 bridgehead atoms. The van der Waals surface area contributed by atoms with Gasteiger partial charge in [0.05, 0.1) is 12.8 Å². The summed E-state index contributed by atoms with van der Waals surface area (Å²) in [6, 6.07) is 5.16. The zero-order valence-corrected chi connectivity index (χ0v) is 12.5. The van der Waals surface area contributed by atoms with E-state index in [1.165, 1.54) is 14.0 Å². The number of amides is 2. The van der Waals surface area contributed by atoms with Crippen LogP contribution in [0.1, 0.15) is 13.8 Å². The van der Waals surface area contributed by atoms with Gasteiger partial charge in [0.25, 0.3) is 0 Å².